The SMILES string of the molecule is O=C(C=Cc1ccc(N(CCSOOO)CCS(=O)(=O)O)cc1)c1ccccc1. The lowest BCUT2D eigenvalue weighted by molar-refractivity contribution is -0.432. The number of nitrogens with zero attached hydrogens (tertiary/aromatic N) is 1. The maximum atomic E-state index is 12.1. The van der Waals surface area contributed by atoms with Gasteiger partial charge in [-0.25, -0.2) is 5.26 Å². The molecule has 2 N–H and O–H groups in total. The molecule has 0 bridgehead atoms. The summed E-state index contributed by atoms with van der Waals surface area (Å²) in [5.74, 6) is -0.158. The number of hydrogen-bond donors (Lipinski definition) is 2. The van der Waals surface area contributed by atoms with E-state index >= 15 is 0 Å². The second kappa shape index (κ2) is 11.7. The maximum Gasteiger partial charge on any atom is 0.266 e. The molecule has 2 aromatic carbocycles. The first kappa shape index (κ1) is 23.1. The first-order valence-corrected chi connectivity index (χ1v) is 11.1. The van der Waals surface area contributed by atoms with E-state index in [2.05, 4.69) is 9.37 Å². The Balaban J connectivity index is 2.04. The largest absolute Gasteiger partial charge is 0.370 e. The summed E-state index contributed by atoms with van der Waals surface area (Å²) < 4.78 is 35.5. The average molecular weight is 440 g/mol. The molecule has 0 saturated heterocycles. The van der Waals surface area contributed by atoms with Crippen molar-refractivity contribution >= 4 is 39.7 Å². The molecule has 0 aromatic heterocycles. The van der Waals surface area contributed by atoms with E-state index in [1.165, 1.54) is 6.08 Å². The van der Waals surface area contributed by atoms with Gasteiger partial charge in [0.1, 0.15) is 0 Å². The average Bonchev–Trinajstić information content (AvgIpc) is 2.72. The number of hydrogen-bond acceptors (Lipinski definition) is 8. The lowest BCUT2D eigenvalue weighted by atomic mass is 10.1. The number of carbonyl (C=O) groups excluding carboxylic acids is 1. The van der Waals surface area contributed by atoms with Gasteiger partial charge in [0.05, 0.1) is 5.75 Å². The first-order chi connectivity index (χ1) is 13.9. The third kappa shape index (κ3) is 8.77. The molecule has 2 aromatic rings. The summed E-state index contributed by atoms with van der Waals surface area (Å²) in [6.45, 7) is 0.451. The Hall–Kier alpha value is -2.21. The maximum absolute atomic E-state index is 12.1. The molecule has 8 nitrogen and oxygen atoms in total. The summed E-state index contributed by atoms with van der Waals surface area (Å²) in [6.07, 6.45) is 3.19. The molecule has 156 valence electrons. The Bertz CT molecular complexity index is 900. The Kier molecular flexibility index (Phi) is 9.32. The van der Waals surface area contributed by atoms with Crippen molar-refractivity contribution < 1.29 is 32.4 Å². The summed E-state index contributed by atoms with van der Waals surface area (Å²) in [4.78, 5) is 13.9. The zero-order valence-electron chi connectivity index (χ0n) is 15.4. The van der Waals surface area contributed by atoms with Crippen LogP contribution in [0.2, 0.25) is 0 Å². The van der Waals surface area contributed by atoms with Crippen LogP contribution in [0.15, 0.2) is 60.7 Å². The van der Waals surface area contributed by atoms with Crippen LogP contribution in [-0.2, 0) is 19.5 Å². The predicted octanol–water partition coefficient (Wildman–Crippen LogP) is 3.35. The van der Waals surface area contributed by atoms with Crippen LogP contribution in [0.4, 0.5) is 5.69 Å². The van der Waals surface area contributed by atoms with Crippen molar-refractivity contribution in [1.82, 2.24) is 0 Å². The van der Waals surface area contributed by atoms with E-state index in [0.717, 1.165) is 23.3 Å². The van der Waals surface area contributed by atoms with Gasteiger partial charge in [0, 0.05) is 42.1 Å². The quantitative estimate of drug-likeness (QED) is 0.0977. The van der Waals surface area contributed by atoms with Gasteiger partial charge in [-0.3, -0.25) is 9.35 Å². The fraction of sp³-hybridized carbons (Fsp3) is 0.211. The number of anilines is 1. The van der Waals surface area contributed by atoms with Crippen LogP contribution in [0.5, 0.6) is 0 Å². The fourth-order valence-corrected chi connectivity index (χ4v) is 3.32. The van der Waals surface area contributed by atoms with E-state index in [9.17, 15) is 13.2 Å². The minimum Gasteiger partial charge on any atom is -0.370 e. The van der Waals surface area contributed by atoms with Crippen LogP contribution >= 0.6 is 12.0 Å². The monoisotopic (exact) mass is 439 g/mol. The Morgan fingerprint density at radius 3 is 2.38 bits per heavy atom. The first-order valence-electron chi connectivity index (χ1n) is 8.56. The summed E-state index contributed by atoms with van der Waals surface area (Å²) >= 11 is 0.847. The molecule has 0 aliphatic heterocycles. The molecule has 0 unspecified atom stereocenters. The molecular weight excluding hydrogens is 418 g/mol. The fourth-order valence-electron chi connectivity index (χ4n) is 2.47. The Morgan fingerprint density at radius 2 is 1.76 bits per heavy atom. The molecule has 0 fully saturated rings. The zero-order chi connectivity index (χ0) is 21.1. The smallest absolute Gasteiger partial charge is 0.266 e. The molecule has 0 aliphatic carbocycles. The molecule has 0 aliphatic rings. The van der Waals surface area contributed by atoms with Gasteiger partial charge in [-0.15, -0.1) is 4.33 Å². The molecule has 0 radical (unpaired) electrons. The number of ketones is 1. The topological polar surface area (TPSA) is 113 Å². The number of carbonyl (C=O) groups is 1. The second-order valence-electron chi connectivity index (χ2n) is 5.89. The minimum absolute atomic E-state index is 0.0705. The molecule has 0 saturated carbocycles. The number of benzene rings is 2. The number of allylic oxidation sites excluding steroid dienone is 1. The van der Waals surface area contributed by atoms with E-state index in [0.29, 0.717) is 17.9 Å². The van der Waals surface area contributed by atoms with E-state index in [4.69, 9.17) is 9.81 Å². The molecular formula is C19H21NO7S2. The highest BCUT2D eigenvalue weighted by molar-refractivity contribution is 7.94. The molecule has 0 atom stereocenters. The van der Waals surface area contributed by atoms with E-state index in [1.807, 2.05) is 6.07 Å². The van der Waals surface area contributed by atoms with Crippen LogP contribution in [-0.4, -0.2) is 48.6 Å². The Morgan fingerprint density at radius 1 is 1.07 bits per heavy atom. The third-order valence-corrected chi connectivity index (χ3v) is 5.09. The molecule has 29 heavy (non-hydrogen) atoms. The second-order valence-corrected chi connectivity index (χ2v) is 8.24. The third-order valence-electron chi connectivity index (χ3n) is 3.89. The minimum atomic E-state index is -4.11. The highest BCUT2D eigenvalue weighted by Crippen LogP contribution is 2.18. The Labute approximate surface area is 173 Å². The van der Waals surface area contributed by atoms with Crippen molar-refractivity contribution in [3.8, 4) is 0 Å². The van der Waals surface area contributed by atoms with Crippen molar-refractivity contribution in [3.63, 3.8) is 0 Å². The van der Waals surface area contributed by atoms with Gasteiger partial charge in [0.2, 0.25) is 0 Å². The molecule has 2 rings (SSSR count). The summed E-state index contributed by atoms with van der Waals surface area (Å²) in [6, 6.07) is 16.1. The molecule has 10 heteroatoms. The van der Waals surface area contributed by atoms with Crippen molar-refractivity contribution in [1.29, 1.82) is 0 Å². The highest BCUT2D eigenvalue weighted by atomic mass is 32.2. The highest BCUT2D eigenvalue weighted by Gasteiger charge is 2.12. The lowest BCUT2D eigenvalue weighted by Crippen LogP contribution is -2.31. The number of rotatable bonds is 12. The van der Waals surface area contributed by atoms with Gasteiger partial charge in [-0.1, -0.05) is 53.6 Å². The molecule has 0 amide bonds. The summed E-state index contributed by atoms with van der Waals surface area (Å²) in [5, 5.41) is 11.7. The van der Waals surface area contributed by atoms with Crippen molar-refractivity contribution in [2.75, 3.05) is 29.5 Å². The molecule has 0 spiro atoms. The van der Waals surface area contributed by atoms with Gasteiger partial charge in [-0.05, 0) is 23.8 Å². The van der Waals surface area contributed by atoms with Crippen molar-refractivity contribution in [3.05, 3.63) is 71.8 Å². The summed E-state index contributed by atoms with van der Waals surface area (Å²) in [7, 11) is -4.11. The van der Waals surface area contributed by atoms with Crippen LogP contribution in [0, 0.1) is 0 Å². The van der Waals surface area contributed by atoms with E-state index in [1.54, 1.807) is 59.5 Å². The van der Waals surface area contributed by atoms with Crippen LogP contribution in [0.3, 0.4) is 0 Å². The van der Waals surface area contributed by atoms with Crippen LogP contribution in [0.25, 0.3) is 6.08 Å². The zero-order valence-corrected chi connectivity index (χ0v) is 17.0. The summed E-state index contributed by atoms with van der Waals surface area (Å²) in [5.41, 5.74) is 2.13. The van der Waals surface area contributed by atoms with Gasteiger partial charge in [-0.2, -0.15) is 8.42 Å². The standard InChI is InChI=1S/C19H21NO7S2/c21-19(17-4-2-1-3-5-17)11-8-16-6-9-18(10-7-16)20(12-14-28-27-26-22)13-15-29(23,24)25/h1-11,22H,12-15H2,(H,23,24,25). The van der Waals surface area contributed by atoms with E-state index < -0.39 is 15.9 Å². The molecule has 0 heterocycles. The normalized spacial score (nSPS) is 11.7. The van der Waals surface area contributed by atoms with Crippen molar-refractivity contribution in [2.45, 2.75) is 0 Å². The lowest BCUT2D eigenvalue weighted by Gasteiger charge is -2.24. The van der Waals surface area contributed by atoms with Gasteiger partial charge < -0.3 is 4.90 Å². The predicted molar refractivity (Wildman–Crippen MR) is 112 cm³/mol. The van der Waals surface area contributed by atoms with Gasteiger partial charge in [0.15, 0.2) is 5.78 Å². The van der Waals surface area contributed by atoms with Crippen LogP contribution < -0.4 is 4.90 Å². The van der Waals surface area contributed by atoms with Gasteiger partial charge >= 0.3 is 0 Å². The van der Waals surface area contributed by atoms with Gasteiger partial charge in [0.25, 0.3) is 10.1 Å². The van der Waals surface area contributed by atoms with Crippen LogP contribution in [0.1, 0.15) is 15.9 Å². The van der Waals surface area contributed by atoms with E-state index in [-0.39, 0.29) is 12.3 Å². The van der Waals surface area contributed by atoms with Crippen molar-refractivity contribution in [2.24, 2.45) is 0 Å².